The zero-order chi connectivity index (χ0) is 17.8. The Morgan fingerprint density at radius 3 is 2.32 bits per heavy atom. The first-order valence-corrected chi connectivity index (χ1v) is 8.93. The molecule has 0 amide bonds. The molecular weight excluding hydrogens is 312 g/mol. The van der Waals surface area contributed by atoms with E-state index < -0.39 is 6.10 Å². The van der Waals surface area contributed by atoms with E-state index in [9.17, 15) is 5.11 Å². The van der Waals surface area contributed by atoms with E-state index in [1.54, 1.807) is 7.11 Å². The zero-order valence-corrected chi connectivity index (χ0v) is 15.4. The molecule has 0 aliphatic carbocycles. The molecule has 0 radical (unpaired) electrons. The Morgan fingerprint density at radius 2 is 1.68 bits per heavy atom. The van der Waals surface area contributed by atoms with Gasteiger partial charge in [-0.25, -0.2) is 0 Å². The minimum Gasteiger partial charge on any atom is -0.497 e. The molecule has 2 aromatic rings. The second-order valence-electron chi connectivity index (χ2n) is 6.87. The lowest BCUT2D eigenvalue weighted by atomic mass is 10.1. The maximum Gasteiger partial charge on any atom is 0.118 e. The fraction of sp³-hybridized carbons (Fsp3) is 0.429. The normalized spacial score (nSPS) is 16.7. The fourth-order valence-electron chi connectivity index (χ4n) is 3.41. The molecule has 1 unspecified atom stereocenters. The highest BCUT2D eigenvalue weighted by Crippen LogP contribution is 2.24. The number of nitrogens with zero attached hydrogens (tertiary/aromatic N) is 2. The van der Waals surface area contributed by atoms with E-state index in [2.05, 4.69) is 41.8 Å². The Morgan fingerprint density at radius 1 is 1.00 bits per heavy atom. The lowest BCUT2D eigenvalue weighted by Crippen LogP contribution is -2.47. The second kappa shape index (κ2) is 7.89. The van der Waals surface area contributed by atoms with Gasteiger partial charge in [0, 0.05) is 38.4 Å². The lowest BCUT2D eigenvalue weighted by Gasteiger charge is -2.37. The molecule has 4 heteroatoms. The smallest absolute Gasteiger partial charge is 0.118 e. The van der Waals surface area contributed by atoms with Crippen LogP contribution in [-0.2, 0) is 0 Å². The number of aliphatic hydroxyl groups excluding tert-OH is 1. The third-order valence-corrected chi connectivity index (χ3v) is 5.01. The van der Waals surface area contributed by atoms with Crippen molar-refractivity contribution in [3.63, 3.8) is 0 Å². The SMILES string of the molecule is COc1ccc(C(O)CN2CCN(c3cc(C)ccc3C)CC2)cc1. The van der Waals surface area contributed by atoms with Crippen molar-refractivity contribution in [1.29, 1.82) is 0 Å². The van der Waals surface area contributed by atoms with Gasteiger partial charge in [-0.05, 0) is 48.7 Å². The predicted octanol–water partition coefficient (Wildman–Crippen LogP) is 3.17. The van der Waals surface area contributed by atoms with Crippen LogP contribution in [0.25, 0.3) is 0 Å². The zero-order valence-electron chi connectivity index (χ0n) is 15.4. The van der Waals surface area contributed by atoms with Crippen LogP contribution in [0.15, 0.2) is 42.5 Å². The largest absolute Gasteiger partial charge is 0.497 e. The number of β-amino-alcohol motifs (C(OH)–C–C–N with tert-alkyl or cyclic N) is 1. The third kappa shape index (κ3) is 4.33. The summed E-state index contributed by atoms with van der Waals surface area (Å²) in [6.45, 7) is 8.94. The highest BCUT2D eigenvalue weighted by atomic mass is 16.5. The summed E-state index contributed by atoms with van der Waals surface area (Å²) in [6.07, 6.45) is -0.460. The number of anilines is 1. The molecule has 1 N–H and O–H groups in total. The van der Waals surface area contributed by atoms with Crippen LogP contribution >= 0.6 is 0 Å². The van der Waals surface area contributed by atoms with Gasteiger partial charge in [-0.3, -0.25) is 4.90 Å². The molecular formula is C21H28N2O2. The van der Waals surface area contributed by atoms with Gasteiger partial charge in [-0.2, -0.15) is 0 Å². The van der Waals surface area contributed by atoms with Crippen molar-refractivity contribution >= 4 is 5.69 Å². The monoisotopic (exact) mass is 340 g/mol. The topological polar surface area (TPSA) is 35.9 Å². The van der Waals surface area contributed by atoms with Crippen LogP contribution < -0.4 is 9.64 Å². The van der Waals surface area contributed by atoms with E-state index in [1.807, 2.05) is 24.3 Å². The van der Waals surface area contributed by atoms with Crippen molar-refractivity contribution in [2.24, 2.45) is 0 Å². The van der Waals surface area contributed by atoms with E-state index in [0.717, 1.165) is 37.5 Å². The molecule has 1 heterocycles. The van der Waals surface area contributed by atoms with Gasteiger partial charge in [0.1, 0.15) is 5.75 Å². The van der Waals surface area contributed by atoms with E-state index >= 15 is 0 Å². The number of benzene rings is 2. The van der Waals surface area contributed by atoms with Gasteiger partial charge in [0.15, 0.2) is 0 Å². The molecule has 2 aromatic carbocycles. The molecule has 25 heavy (non-hydrogen) atoms. The maximum absolute atomic E-state index is 10.5. The second-order valence-corrected chi connectivity index (χ2v) is 6.87. The average Bonchev–Trinajstić information content (AvgIpc) is 2.64. The van der Waals surface area contributed by atoms with Gasteiger partial charge >= 0.3 is 0 Å². The molecule has 0 aromatic heterocycles. The van der Waals surface area contributed by atoms with Crippen LogP contribution in [0.1, 0.15) is 22.8 Å². The molecule has 134 valence electrons. The fourth-order valence-corrected chi connectivity index (χ4v) is 3.41. The van der Waals surface area contributed by atoms with Crippen LogP contribution in [0.2, 0.25) is 0 Å². The van der Waals surface area contributed by atoms with Gasteiger partial charge in [0.05, 0.1) is 13.2 Å². The van der Waals surface area contributed by atoms with Crippen LogP contribution in [0.3, 0.4) is 0 Å². The van der Waals surface area contributed by atoms with Crippen LogP contribution in [-0.4, -0.2) is 49.8 Å². The molecule has 1 saturated heterocycles. The number of hydrogen-bond acceptors (Lipinski definition) is 4. The Balaban J connectivity index is 1.56. The van der Waals surface area contributed by atoms with Crippen LogP contribution in [0, 0.1) is 13.8 Å². The molecule has 0 saturated carbocycles. The Bertz CT molecular complexity index is 692. The third-order valence-electron chi connectivity index (χ3n) is 5.01. The first-order valence-electron chi connectivity index (χ1n) is 8.93. The summed E-state index contributed by atoms with van der Waals surface area (Å²) in [5.74, 6) is 0.818. The summed E-state index contributed by atoms with van der Waals surface area (Å²) < 4.78 is 5.17. The Hall–Kier alpha value is -2.04. The first kappa shape index (κ1) is 17.8. The first-order chi connectivity index (χ1) is 12.1. The quantitative estimate of drug-likeness (QED) is 0.907. The number of aryl methyl sites for hydroxylation is 2. The maximum atomic E-state index is 10.5. The van der Waals surface area contributed by atoms with Crippen LogP contribution in [0.4, 0.5) is 5.69 Å². The molecule has 3 rings (SSSR count). The average molecular weight is 340 g/mol. The van der Waals surface area contributed by atoms with Gasteiger partial charge in [-0.15, -0.1) is 0 Å². The number of piperazine rings is 1. The van der Waals surface area contributed by atoms with Crippen molar-refractivity contribution in [3.05, 3.63) is 59.2 Å². The summed E-state index contributed by atoms with van der Waals surface area (Å²) in [6, 6.07) is 14.3. The van der Waals surface area contributed by atoms with Crippen molar-refractivity contribution in [1.82, 2.24) is 4.90 Å². The standard InChI is InChI=1S/C21H28N2O2/c1-16-4-5-17(2)20(14-16)23-12-10-22(11-13-23)15-21(24)18-6-8-19(25-3)9-7-18/h4-9,14,21,24H,10-13,15H2,1-3H3. The number of rotatable bonds is 5. The molecule has 4 nitrogen and oxygen atoms in total. The van der Waals surface area contributed by atoms with E-state index in [-0.39, 0.29) is 0 Å². The number of hydrogen-bond donors (Lipinski definition) is 1. The van der Waals surface area contributed by atoms with Crippen molar-refractivity contribution in [2.75, 3.05) is 44.7 Å². The predicted molar refractivity (Wildman–Crippen MR) is 103 cm³/mol. The molecule has 0 spiro atoms. The molecule has 0 bridgehead atoms. The summed E-state index contributed by atoms with van der Waals surface area (Å²) in [5.41, 5.74) is 4.92. The van der Waals surface area contributed by atoms with E-state index in [1.165, 1.54) is 16.8 Å². The van der Waals surface area contributed by atoms with Crippen LogP contribution in [0.5, 0.6) is 5.75 Å². The van der Waals surface area contributed by atoms with E-state index in [0.29, 0.717) is 6.54 Å². The lowest BCUT2D eigenvalue weighted by molar-refractivity contribution is 0.109. The van der Waals surface area contributed by atoms with Crippen molar-refractivity contribution in [3.8, 4) is 5.75 Å². The van der Waals surface area contributed by atoms with Gasteiger partial charge in [-0.1, -0.05) is 24.3 Å². The van der Waals surface area contributed by atoms with Gasteiger partial charge in [0.2, 0.25) is 0 Å². The van der Waals surface area contributed by atoms with E-state index in [4.69, 9.17) is 4.74 Å². The Kier molecular flexibility index (Phi) is 5.61. The van der Waals surface area contributed by atoms with Crippen molar-refractivity contribution < 1.29 is 9.84 Å². The van der Waals surface area contributed by atoms with Gasteiger partial charge < -0.3 is 14.7 Å². The highest BCUT2D eigenvalue weighted by molar-refractivity contribution is 5.55. The molecule has 1 aliphatic heterocycles. The Labute approximate surface area is 150 Å². The molecule has 1 atom stereocenters. The molecule has 1 aliphatic rings. The number of methoxy groups -OCH3 is 1. The number of ether oxygens (including phenoxy) is 1. The molecule has 1 fully saturated rings. The minimum absolute atomic E-state index is 0.460. The summed E-state index contributed by atoms with van der Waals surface area (Å²) in [4.78, 5) is 4.80. The number of aliphatic hydroxyl groups is 1. The van der Waals surface area contributed by atoms with Gasteiger partial charge in [0.25, 0.3) is 0 Å². The summed E-state index contributed by atoms with van der Waals surface area (Å²) in [7, 11) is 1.65. The summed E-state index contributed by atoms with van der Waals surface area (Å²) >= 11 is 0. The van der Waals surface area contributed by atoms with Crippen molar-refractivity contribution in [2.45, 2.75) is 20.0 Å². The highest BCUT2D eigenvalue weighted by Gasteiger charge is 2.21. The minimum atomic E-state index is -0.460. The summed E-state index contributed by atoms with van der Waals surface area (Å²) in [5, 5.41) is 10.5.